The van der Waals surface area contributed by atoms with E-state index in [-0.39, 0.29) is 0 Å². The minimum atomic E-state index is 0.518. The van der Waals surface area contributed by atoms with Crippen molar-refractivity contribution >= 4 is 22.5 Å². The standard InChI is InChI=1S/C17H14ClNO/c1-12-10-14(8-7-13(12)11-18)20-17-6-2-5-16-15(17)4-3-9-19-16/h2-10H,11H2,1H3. The molecule has 0 saturated heterocycles. The summed E-state index contributed by atoms with van der Waals surface area (Å²) >= 11 is 5.87. The Morgan fingerprint density at radius 2 is 2.00 bits per heavy atom. The second-order valence-electron chi connectivity index (χ2n) is 4.65. The fraction of sp³-hybridized carbons (Fsp3) is 0.118. The molecule has 2 aromatic carbocycles. The number of hydrogen-bond acceptors (Lipinski definition) is 2. The minimum absolute atomic E-state index is 0.518. The Morgan fingerprint density at radius 1 is 1.10 bits per heavy atom. The van der Waals surface area contributed by atoms with Gasteiger partial charge in [-0.1, -0.05) is 12.1 Å². The van der Waals surface area contributed by atoms with Crippen LogP contribution in [-0.2, 0) is 5.88 Å². The lowest BCUT2D eigenvalue weighted by atomic mass is 10.1. The molecular formula is C17H14ClNO. The molecule has 1 aromatic heterocycles. The Bertz CT molecular complexity index is 750. The van der Waals surface area contributed by atoms with Crippen LogP contribution in [0.4, 0.5) is 0 Å². The van der Waals surface area contributed by atoms with Crippen LogP contribution in [0.3, 0.4) is 0 Å². The molecule has 0 N–H and O–H groups in total. The summed E-state index contributed by atoms with van der Waals surface area (Å²) in [5.74, 6) is 2.14. The van der Waals surface area contributed by atoms with Crippen molar-refractivity contribution < 1.29 is 4.74 Å². The number of pyridine rings is 1. The summed E-state index contributed by atoms with van der Waals surface area (Å²) in [6, 6.07) is 15.8. The average Bonchev–Trinajstić information content (AvgIpc) is 2.48. The third-order valence-corrected chi connectivity index (χ3v) is 3.58. The van der Waals surface area contributed by atoms with Crippen molar-refractivity contribution in [3.05, 3.63) is 65.9 Å². The van der Waals surface area contributed by atoms with Crippen molar-refractivity contribution in [2.75, 3.05) is 0 Å². The maximum atomic E-state index is 5.99. The van der Waals surface area contributed by atoms with E-state index < -0.39 is 0 Å². The lowest BCUT2D eigenvalue weighted by Crippen LogP contribution is -1.90. The first-order valence-electron chi connectivity index (χ1n) is 6.45. The Kier molecular flexibility index (Phi) is 3.57. The van der Waals surface area contributed by atoms with Gasteiger partial charge in [0.25, 0.3) is 0 Å². The van der Waals surface area contributed by atoms with Crippen LogP contribution in [-0.4, -0.2) is 4.98 Å². The molecule has 0 aliphatic heterocycles. The highest BCUT2D eigenvalue weighted by Gasteiger charge is 2.05. The molecule has 3 heteroatoms. The van der Waals surface area contributed by atoms with Crippen LogP contribution in [0, 0.1) is 6.92 Å². The summed E-state index contributed by atoms with van der Waals surface area (Å²) in [4.78, 5) is 4.33. The molecule has 3 rings (SSSR count). The topological polar surface area (TPSA) is 22.1 Å². The van der Waals surface area contributed by atoms with Gasteiger partial charge >= 0.3 is 0 Å². The highest BCUT2D eigenvalue weighted by Crippen LogP contribution is 2.30. The first kappa shape index (κ1) is 12.9. The number of alkyl halides is 1. The predicted octanol–water partition coefficient (Wildman–Crippen LogP) is 5.07. The number of hydrogen-bond donors (Lipinski definition) is 0. The summed E-state index contributed by atoms with van der Waals surface area (Å²) < 4.78 is 5.99. The third kappa shape index (κ3) is 2.47. The number of fused-ring (bicyclic) bond motifs is 1. The summed E-state index contributed by atoms with van der Waals surface area (Å²) in [6.07, 6.45) is 1.78. The van der Waals surface area contributed by atoms with Gasteiger partial charge in [-0.25, -0.2) is 0 Å². The zero-order chi connectivity index (χ0) is 13.9. The lowest BCUT2D eigenvalue weighted by Gasteiger charge is -2.10. The van der Waals surface area contributed by atoms with Crippen molar-refractivity contribution in [1.29, 1.82) is 0 Å². The molecule has 0 saturated carbocycles. The number of halogens is 1. The van der Waals surface area contributed by atoms with Crippen molar-refractivity contribution in [3.8, 4) is 11.5 Å². The first-order valence-corrected chi connectivity index (χ1v) is 6.98. The third-order valence-electron chi connectivity index (χ3n) is 3.29. The normalized spacial score (nSPS) is 10.7. The van der Waals surface area contributed by atoms with Gasteiger partial charge in [-0.3, -0.25) is 4.98 Å². The van der Waals surface area contributed by atoms with Crippen LogP contribution in [0.15, 0.2) is 54.7 Å². The molecule has 0 aliphatic carbocycles. The van der Waals surface area contributed by atoms with Gasteiger partial charge in [0.1, 0.15) is 11.5 Å². The van der Waals surface area contributed by atoms with Crippen LogP contribution in [0.1, 0.15) is 11.1 Å². The summed E-state index contributed by atoms with van der Waals surface area (Å²) in [7, 11) is 0. The molecule has 0 bridgehead atoms. The number of benzene rings is 2. The van der Waals surface area contributed by atoms with E-state index in [2.05, 4.69) is 4.98 Å². The molecule has 0 unspecified atom stereocenters. The van der Waals surface area contributed by atoms with E-state index in [4.69, 9.17) is 16.3 Å². The van der Waals surface area contributed by atoms with E-state index >= 15 is 0 Å². The highest BCUT2D eigenvalue weighted by atomic mass is 35.5. The molecule has 0 atom stereocenters. The van der Waals surface area contributed by atoms with E-state index in [1.807, 2.05) is 55.5 Å². The monoisotopic (exact) mass is 283 g/mol. The van der Waals surface area contributed by atoms with Crippen molar-refractivity contribution in [3.63, 3.8) is 0 Å². The van der Waals surface area contributed by atoms with Gasteiger partial charge in [-0.05, 0) is 54.4 Å². The predicted molar refractivity (Wildman–Crippen MR) is 82.6 cm³/mol. The molecule has 1 heterocycles. The second kappa shape index (κ2) is 5.51. The number of nitrogens with zero attached hydrogens (tertiary/aromatic N) is 1. The van der Waals surface area contributed by atoms with Crippen LogP contribution in [0.5, 0.6) is 11.5 Å². The van der Waals surface area contributed by atoms with Crippen LogP contribution in [0.2, 0.25) is 0 Å². The van der Waals surface area contributed by atoms with Gasteiger partial charge in [0.05, 0.1) is 5.52 Å². The zero-order valence-corrected chi connectivity index (χ0v) is 11.9. The Labute approximate surface area is 123 Å². The van der Waals surface area contributed by atoms with E-state index in [1.54, 1.807) is 6.20 Å². The zero-order valence-electron chi connectivity index (χ0n) is 11.1. The van der Waals surface area contributed by atoms with Crippen molar-refractivity contribution in [1.82, 2.24) is 4.98 Å². The lowest BCUT2D eigenvalue weighted by molar-refractivity contribution is 0.487. The van der Waals surface area contributed by atoms with Gasteiger partial charge in [-0.2, -0.15) is 0 Å². The molecule has 0 spiro atoms. The van der Waals surface area contributed by atoms with Crippen LogP contribution in [0.25, 0.3) is 10.9 Å². The largest absolute Gasteiger partial charge is 0.457 e. The number of rotatable bonds is 3. The minimum Gasteiger partial charge on any atom is -0.457 e. The number of ether oxygens (including phenoxy) is 1. The molecule has 20 heavy (non-hydrogen) atoms. The van der Waals surface area contributed by atoms with E-state index in [1.165, 1.54) is 0 Å². The first-order chi connectivity index (χ1) is 9.78. The second-order valence-corrected chi connectivity index (χ2v) is 4.92. The van der Waals surface area contributed by atoms with E-state index in [0.29, 0.717) is 5.88 Å². The van der Waals surface area contributed by atoms with Gasteiger partial charge in [0, 0.05) is 17.5 Å². The number of aromatic nitrogens is 1. The molecule has 2 nitrogen and oxygen atoms in total. The van der Waals surface area contributed by atoms with Gasteiger partial charge in [-0.15, -0.1) is 11.6 Å². The molecule has 3 aromatic rings. The molecule has 100 valence electrons. The SMILES string of the molecule is Cc1cc(Oc2cccc3ncccc23)ccc1CCl. The van der Waals surface area contributed by atoms with Gasteiger partial charge in [0.2, 0.25) is 0 Å². The highest BCUT2D eigenvalue weighted by molar-refractivity contribution is 6.17. The van der Waals surface area contributed by atoms with Crippen molar-refractivity contribution in [2.24, 2.45) is 0 Å². The molecule has 0 amide bonds. The quantitative estimate of drug-likeness (QED) is 0.626. The average molecular weight is 284 g/mol. The van der Waals surface area contributed by atoms with Gasteiger partial charge < -0.3 is 4.74 Å². The van der Waals surface area contributed by atoms with Crippen molar-refractivity contribution in [2.45, 2.75) is 12.8 Å². The summed E-state index contributed by atoms with van der Waals surface area (Å²) in [5.41, 5.74) is 3.19. The fourth-order valence-corrected chi connectivity index (χ4v) is 2.47. The maximum absolute atomic E-state index is 5.99. The Balaban J connectivity index is 1.99. The molecule has 0 aliphatic rings. The summed E-state index contributed by atoms with van der Waals surface area (Å²) in [6.45, 7) is 2.04. The maximum Gasteiger partial charge on any atom is 0.136 e. The van der Waals surface area contributed by atoms with Crippen LogP contribution < -0.4 is 4.74 Å². The Hall–Kier alpha value is -2.06. The molecular weight excluding hydrogens is 270 g/mol. The summed E-state index contributed by atoms with van der Waals surface area (Å²) in [5, 5.41) is 1.01. The molecule has 0 radical (unpaired) electrons. The molecule has 0 fully saturated rings. The van der Waals surface area contributed by atoms with E-state index in [0.717, 1.165) is 33.5 Å². The van der Waals surface area contributed by atoms with E-state index in [9.17, 15) is 0 Å². The Morgan fingerprint density at radius 3 is 2.80 bits per heavy atom. The smallest absolute Gasteiger partial charge is 0.136 e. The van der Waals surface area contributed by atoms with Gasteiger partial charge in [0.15, 0.2) is 0 Å². The number of aryl methyl sites for hydroxylation is 1. The van der Waals surface area contributed by atoms with Crippen LogP contribution >= 0.6 is 11.6 Å². The fourth-order valence-electron chi connectivity index (χ4n) is 2.17.